The predicted molar refractivity (Wildman–Crippen MR) is 66.3 cm³/mol. The zero-order valence-electron chi connectivity index (χ0n) is 9.68. The van der Waals surface area contributed by atoms with E-state index in [1.807, 2.05) is 0 Å². The number of alkyl halides is 1. The van der Waals surface area contributed by atoms with Crippen LogP contribution in [0.1, 0.15) is 6.92 Å². The number of rotatable bonds is 7. The lowest BCUT2D eigenvalue weighted by atomic mass is 10.5. The van der Waals surface area contributed by atoms with Gasteiger partial charge in [-0.15, -0.1) is 11.6 Å². The van der Waals surface area contributed by atoms with E-state index in [2.05, 4.69) is 0 Å². The average Bonchev–Trinajstić information content (AvgIpc) is 1.98. The van der Waals surface area contributed by atoms with E-state index >= 15 is 0 Å². The van der Waals surface area contributed by atoms with Gasteiger partial charge in [-0.2, -0.15) is 0 Å². The normalized spacial score (nSPS) is 15.3. The van der Waals surface area contributed by atoms with E-state index in [0.29, 0.717) is 0 Å². The molecule has 0 aromatic rings. The Balaban J connectivity index is 4.30. The molecule has 0 heterocycles. The van der Waals surface area contributed by atoms with Crippen LogP contribution in [0.2, 0.25) is 0 Å². The number of halogens is 1. The molecule has 0 amide bonds. The minimum Gasteiger partial charge on any atom is -0.286 e. The van der Waals surface area contributed by atoms with Crippen LogP contribution in [0.4, 0.5) is 0 Å². The van der Waals surface area contributed by atoms with Crippen LogP contribution in [0.5, 0.6) is 0 Å². The first kappa shape index (κ1) is 16.1. The molecule has 0 aliphatic rings. The molecule has 0 saturated heterocycles. The van der Waals surface area contributed by atoms with Gasteiger partial charge in [-0.05, 0) is 6.92 Å². The maximum Gasteiger partial charge on any atom is 0.148 e. The second-order valence-corrected chi connectivity index (χ2v) is 9.02. The molecule has 0 aromatic carbocycles. The van der Waals surface area contributed by atoms with E-state index in [1.165, 1.54) is 0 Å². The SMILES string of the molecule is CC(Cl)N(CCS(C)(=O)=O)CCS(C)(=O)=O. The summed E-state index contributed by atoms with van der Waals surface area (Å²) in [5, 5.41) is 0. The second-order valence-electron chi connectivity index (χ2n) is 3.87. The molecule has 0 fully saturated rings. The van der Waals surface area contributed by atoms with E-state index in [-0.39, 0.29) is 30.1 Å². The second kappa shape index (κ2) is 6.18. The van der Waals surface area contributed by atoms with Gasteiger partial charge in [0.15, 0.2) is 0 Å². The lowest BCUT2D eigenvalue weighted by Gasteiger charge is -2.23. The lowest BCUT2D eigenvalue weighted by molar-refractivity contribution is 0.294. The van der Waals surface area contributed by atoms with Gasteiger partial charge in [0.05, 0.1) is 17.0 Å². The number of hydrogen-bond donors (Lipinski definition) is 0. The molecule has 0 N–H and O–H groups in total. The molecule has 16 heavy (non-hydrogen) atoms. The fourth-order valence-corrected chi connectivity index (χ4v) is 2.36. The fraction of sp³-hybridized carbons (Fsp3) is 1.00. The van der Waals surface area contributed by atoms with Crippen LogP contribution in [0.25, 0.3) is 0 Å². The zero-order chi connectivity index (χ0) is 13.0. The van der Waals surface area contributed by atoms with Crippen molar-refractivity contribution in [3.8, 4) is 0 Å². The molecule has 8 heteroatoms. The third-order valence-electron chi connectivity index (χ3n) is 2.00. The molecule has 0 saturated carbocycles. The van der Waals surface area contributed by atoms with Crippen molar-refractivity contribution < 1.29 is 16.8 Å². The molecule has 1 atom stereocenters. The third kappa shape index (κ3) is 9.38. The highest BCUT2D eigenvalue weighted by Crippen LogP contribution is 2.04. The molecule has 5 nitrogen and oxygen atoms in total. The first-order chi connectivity index (χ1) is 7.01. The van der Waals surface area contributed by atoms with Crippen LogP contribution < -0.4 is 0 Å². The molecule has 0 rings (SSSR count). The van der Waals surface area contributed by atoms with Crippen LogP contribution in [0.3, 0.4) is 0 Å². The highest BCUT2D eigenvalue weighted by atomic mass is 35.5. The maximum atomic E-state index is 11.0. The molecule has 98 valence electrons. The number of hydrogen-bond acceptors (Lipinski definition) is 5. The van der Waals surface area contributed by atoms with Gasteiger partial charge in [0.25, 0.3) is 0 Å². The predicted octanol–water partition coefficient (Wildman–Crippen LogP) is -0.0376. The first-order valence-corrected chi connectivity index (χ1v) is 9.30. The summed E-state index contributed by atoms with van der Waals surface area (Å²) in [7, 11) is -6.11. The van der Waals surface area contributed by atoms with Gasteiger partial charge < -0.3 is 0 Å². The minimum absolute atomic E-state index is 0.0200. The van der Waals surface area contributed by atoms with Crippen molar-refractivity contribution in [2.45, 2.75) is 12.4 Å². The summed E-state index contributed by atoms with van der Waals surface area (Å²) in [6.45, 7) is 2.18. The van der Waals surface area contributed by atoms with Crippen molar-refractivity contribution in [2.24, 2.45) is 0 Å². The van der Waals surface area contributed by atoms with Crippen molar-refractivity contribution >= 4 is 31.3 Å². The van der Waals surface area contributed by atoms with Crippen LogP contribution in [0.15, 0.2) is 0 Å². The summed E-state index contributed by atoms with van der Waals surface area (Å²) in [6, 6.07) is 0. The van der Waals surface area contributed by atoms with Crippen LogP contribution in [-0.4, -0.2) is 64.3 Å². The Hall–Kier alpha value is 0.150. The van der Waals surface area contributed by atoms with Gasteiger partial charge in [-0.1, -0.05) is 0 Å². The van der Waals surface area contributed by atoms with Gasteiger partial charge in [-0.3, -0.25) is 4.90 Å². The van der Waals surface area contributed by atoms with Crippen molar-refractivity contribution in [3.63, 3.8) is 0 Å². The standard InChI is InChI=1S/C8H18ClNO4S2/c1-8(9)10(4-6-15(2,11)12)5-7-16(3,13)14/h8H,4-7H2,1-3H3. The molecule has 0 spiro atoms. The number of sulfone groups is 2. The largest absolute Gasteiger partial charge is 0.286 e. The van der Waals surface area contributed by atoms with Gasteiger partial charge >= 0.3 is 0 Å². The molecular formula is C8H18ClNO4S2. The Morgan fingerprint density at radius 1 is 1.00 bits per heavy atom. The summed E-state index contributed by atoms with van der Waals surface area (Å²) in [5.41, 5.74) is -0.386. The summed E-state index contributed by atoms with van der Waals surface area (Å²) < 4.78 is 43.9. The summed E-state index contributed by atoms with van der Waals surface area (Å²) in [4.78, 5) is 1.63. The summed E-state index contributed by atoms with van der Waals surface area (Å²) in [5.74, 6) is -0.0400. The maximum absolute atomic E-state index is 11.0. The molecule has 0 bridgehead atoms. The third-order valence-corrected chi connectivity index (χ3v) is 4.13. The smallest absolute Gasteiger partial charge is 0.148 e. The van der Waals surface area contributed by atoms with E-state index in [1.54, 1.807) is 11.8 Å². The molecule has 0 aromatic heterocycles. The topological polar surface area (TPSA) is 71.5 Å². The quantitative estimate of drug-likeness (QED) is 0.486. The van der Waals surface area contributed by atoms with Crippen LogP contribution in [-0.2, 0) is 19.7 Å². The lowest BCUT2D eigenvalue weighted by Crippen LogP contribution is -2.37. The minimum atomic E-state index is -3.06. The monoisotopic (exact) mass is 291 g/mol. The zero-order valence-corrected chi connectivity index (χ0v) is 12.1. The van der Waals surface area contributed by atoms with Crippen LogP contribution in [0, 0.1) is 0 Å². The highest BCUT2D eigenvalue weighted by Gasteiger charge is 2.15. The van der Waals surface area contributed by atoms with Crippen LogP contribution >= 0.6 is 11.6 Å². The number of nitrogens with zero attached hydrogens (tertiary/aromatic N) is 1. The van der Waals surface area contributed by atoms with E-state index in [4.69, 9.17) is 11.6 Å². The van der Waals surface area contributed by atoms with Crippen molar-refractivity contribution in [1.29, 1.82) is 0 Å². The average molecular weight is 292 g/mol. The van der Waals surface area contributed by atoms with Crippen molar-refractivity contribution in [3.05, 3.63) is 0 Å². The molecule has 0 aliphatic carbocycles. The Kier molecular flexibility index (Phi) is 6.24. The van der Waals surface area contributed by atoms with Gasteiger partial charge in [0.2, 0.25) is 0 Å². The highest BCUT2D eigenvalue weighted by molar-refractivity contribution is 7.90. The van der Waals surface area contributed by atoms with E-state index in [0.717, 1.165) is 12.5 Å². The fourth-order valence-electron chi connectivity index (χ4n) is 1.03. The van der Waals surface area contributed by atoms with E-state index < -0.39 is 19.7 Å². The van der Waals surface area contributed by atoms with Crippen molar-refractivity contribution in [2.75, 3.05) is 37.1 Å². The van der Waals surface area contributed by atoms with Gasteiger partial charge in [0.1, 0.15) is 19.7 Å². The summed E-state index contributed by atoms with van der Waals surface area (Å²) in [6.07, 6.45) is 2.28. The van der Waals surface area contributed by atoms with Gasteiger partial charge in [-0.25, -0.2) is 16.8 Å². The molecular weight excluding hydrogens is 274 g/mol. The van der Waals surface area contributed by atoms with Crippen molar-refractivity contribution in [1.82, 2.24) is 4.90 Å². The Morgan fingerprint density at radius 3 is 1.50 bits per heavy atom. The van der Waals surface area contributed by atoms with E-state index in [9.17, 15) is 16.8 Å². The molecule has 0 radical (unpaired) electrons. The Morgan fingerprint density at radius 2 is 1.31 bits per heavy atom. The summed E-state index contributed by atoms with van der Waals surface area (Å²) >= 11 is 5.84. The Bertz CT molecular complexity index is 366. The van der Waals surface area contributed by atoms with Gasteiger partial charge in [0, 0.05) is 25.6 Å². The molecule has 0 aliphatic heterocycles. The Labute approximate surface area is 103 Å². The first-order valence-electron chi connectivity index (χ1n) is 4.75. The molecule has 1 unspecified atom stereocenters.